The van der Waals surface area contributed by atoms with Crippen LogP contribution in [0.4, 0.5) is 0 Å². The molecule has 0 aromatic rings. The van der Waals surface area contributed by atoms with Crippen LogP contribution in [0.15, 0.2) is 0 Å². The molecule has 0 spiro atoms. The molecule has 0 amide bonds. The lowest BCUT2D eigenvalue weighted by molar-refractivity contribution is -0.300. The average Bonchev–Trinajstić information content (AvgIpc) is 2.34. The summed E-state index contributed by atoms with van der Waals surface area (Å²) in [6.45, 7) is 3.20. The van der Waals surface area contributed by atoms with Crippen molar-refractivity contribution in [3.05, 3.63) is 0 Å². The zero-order chi connectivity index (χ0) is 12.8. The van der Waals surface area contributed by atoms with Crippen molar-refractivity contribution in [3.63, 3.8) is 0 Å². The number of aliphatic hydroxyl groups excluding tert-OH is 4. The molecule has 0 aromatic carbocycles. The van der Waals surface area contributed by atoms with Gasteiger partial charge in [0.1, 0.15) is 24.4 Å². The molecule has 5 N–H and O–H groups in total. The number of nitrogens with one attached hydrogen (secondary N) is 1. The first kappa shape index (κ1) is 14.8. The molecule has 1 aliphatic heterocycles. The molecular formula is C10H21NO6. The van der Waals surface area contributed by atoms with Crippen molar-refractivity contribution in [2.24, 2.45) is 0 Å². The van der Waals surface area contributed by atoms with Gasteiger partial charge in [-0.25, -0.2) is 0 Å². The Morgan fingerprint density at radius 3 is 2.47 bits per heavy atom. The number of hydrogen-bond donors (Lipinski definition) is 5. The Labute approximate surface area is 100.0 Å². The molecule has 17 heavy (non-hydrogen) atoms. The van der Waals surface area contributed by atoms with E-state index in [9.17, 15) is 15.3 Å². The minimum atomic E-state index is -1.38. The minimum Gasteiger partial charge on any atom is -0.394 e. The van der Waals surface area contributed by atoms with Crippen molar-refractivity contribution >= 4 is 0 Å². The maximum Gasteiger partial charge on any atom is 0.186 e. The first-order valence-electron chi connectivity index (χ1n) is 5.74. The smallest absolute Gasteiger partial charge is 0.186 e. The van der Waals surface area contributed by atoms with Crippen LogP contribution in [-0.4, -0.2) is 77.4 Å². The summed E-state index contributed by atoms with van der Waals surface area (Å²) < 4.78 is 10.4. The standard InChI is InChI=1S/C10H21NO6/c1-2-11-3-4-16-10-9(15)8(14)7(13)6(5-12)17-10/h6-15H,2-5H2,1H3/t6-,7-,8+,9+,10+/m1/s1. The summed E-state index contributed by atoms with van der Waals surface area (Å²) in [7, 11) is 0. The van der Waals surface area contributed by atoms with Gasteiger partial charge in [-0.1, -0.05) is 6.92 Å². The zero-order valence-electron chi connectivity index (χ0n) is 9.82. The van der Waals surface area contributed by atoms with Crippen molar-refractivity contribution in [1.29, 1.82) is 0 Å². The Bertz CT molecular complexity index is 215. The summed E-state index contributed by atoms with van der Waals surface area (Å²) in [5.41, 5.74) is 0. The molecule has 7 nitrogen and oxygen atoms in total. The quantitative estimate of drug-likeness (QED) is 0.329. The molecule has 7 heteroatoms. The van der Waals surface area contributed by atoms with E-state index in [4.69, 9.17) is 14.6 Å². The molecule has 1 saturated heterocycles. The predicted octanol–water partition coefficient (Wildman–Crippen LogP) is -2.59. The Morgan fingerprint density at radius 2 is 1.88 bits per heavy atom. The van der Waals surface area contributed by atoms with E-state index in [2.05, 4.69) is 5.32 Å². The SMILES string of the molecule is CCNCCO[C@H]1O[C@H](CO)[C@@H](O)[C@H](O)[C@@H]1O. The van der Waals surface area contributed by atoms with Crippen LogP contribution in [0.5, 0.6) is 0 Å². The summed E-state index contributed by atoms with van der Waals surface area (Å²) in [5, 5.41) is 40.6. The lowest BCUT2D eigenvalue weighted by Crippen LogP contribution is -2.59. The lowest BCUT2D eigenvalue weighted by atomic mass is 9.99. The molecule has 1 rings (SSSR count). The van der Waals surface area contributed by atoms with Gasteiger partial charge in [-0.05, 0) is 6.54 Å². The monoisotopic (exact) mass is 251 g/mol. The van der Waals surface area contributed by atoms with Crippen LogP contribution in [0.25, 0.3) is 0 Å². The molecular weight excluding hydrogens is 230 g/mol. The molecule has 0 radical (unpaired) electrons. The lowest BCUT2D eigenvalue weighted by Gasteiger charge is -2.39. The number of rotatable bonds is 6. The van der Waals surface area contributed by atoms with Crippen LogP contribution in [0.3, 0.4) is 0 Å². The van der Waals surface area contributed by atoms with Crippen LogP contribution in [0.2, 0.25) is 0 Å². The van der Waals surface area contributed by atoms with Crippen LogP contribution >= 0.6 is 0 Å². The molecule has 0 bridgehead atoms. The number of ether oxygens (including phenoxy) is 2. The highest BCUT2D eigenvalue weighted by Gasteiger charge is 2.43. The van der Waals surface area contributed by atoms with Crippen LogP contribution in [0, 0.1) is 0 Å². The van der Waals surface area contributed by atoms with Gasteiger partial charge >= 0.3 is 0 Å². The third-order valence-corrected chi connectivity index (χ3v) is 2.66. The van der Waals surface area contributed by atoms with Crippen molar-refractivity contribution in [2.75, 3.05) is 26.3 Å². The topological polar surface area (TPSA) is 111 Å². The zero-order valence-corrected chi connectivity index (χ0v) is 9.82. The van der Waals surface area contributed by atoms with E-state index in [1.807, 2.05) is 6.92 Å². The van der Waals surface area contributed by atoms with Crippen molar-refractivity contribution in [1.82, 2.24) is 5.32 Å². The van der Waals surface area contributed by atoms with Gasteiger partial charge in [0.2, 0.25) is 0 Å². The summed E-state index contributed by atoms with van der Waals surface area (Å²) in [6.07, 6.45) is -6.01. The number of likely N-dealkylation sites (N-methyl/N-ethyl adjacent to an activating group) is 1. The Morgan fingerprint density at radius 1 is 1.18 bits per heavy atom. The maximum atomic E-state index is 9.62. The second-order valence-corrected chi connectivity index (χ2v) is 3.92. The average molecular weight is 251 g/mol. The van der Waals surface area contributed by atoms with E-state index < -0.39 is 37.3 Å². The highest BCUT2D eigenvalue weighted by atomic mass is 16.7. The van der Waals surface area contributed by atoms with E-state index in [1.54, 1.807) is 0 Å². The van der Waals surface area contributed by atoms with Gasteiger partial charge < -0.3 is 35.2 Å². The number of aliphatic hydroxyl groups is 4. The minimum absolute atomic E-state index is 0.302. The summed E-state index contributed by atoms with van der Waals surface area (Å²) in [5.74, 6) is 0. The molecule has 0 aliphatic carbocycles. The van der Waals surface area contributed by atoms with E-state index in [-0.39, 0.29) is 0 Å². The highest BCUT2D eigenvalue weighted by Crippen LogP contribution is 2.21. The maximum absolute atomic E-state index is 9.62. The molecule has 102 valence electrons. The van der Waals surface area contributed by atoms with E-state index in [0.29, 0.717) is 13.2 Å². The van der Waals surface area contributed by atoms with Gasteiger partial charge in [0.05, 0.1) is 13.2 Å². The van der Waals surface area contributed by atoms with Crippen molar-refractivity contribution < 1.29 is 29.9 Å². The molecule has 0 unspecified atom stereocenters. The van der Waals surface area contributed by atoms with Gasteiger partial charge in [0, 0.05) is 6.54 Å². The van der Waals surface area contributed by atoms with Crippen LogP contribution < -0.4 is 5.32 Å². The third-order valence-electron chi connectivity index (χ3n) is 2.66. The van der Waals surface area contributed by atoms with Gasteiger partial charge in [-0.15, -0.1) is 0 Å². The third kappa shape index (κ3) is 3.85. The highest BCUT2D eigenvalue weighted by molar-refractivity contribution is 4.88. The van der Waals surface area contributed by atoms with Crippen molar-refractivity contribution in [2.45, 2.75) is 37.6 Å². The summed E-state index contributed by atoms with van der Waals surface area (Å²) >= 11 is 0. The van der Waals surface area contributed by atoms with Gasteiger partial charge in [-0.3, -0.25) is 0 Å². The summed E-state index contributed by atoms with van der Waals surface area (Å²) in [6, 6.07) is 0. The normalized spacial score (nSPS) is 38.3. The molecule has 0 saturated carbocycles. The second-order valence-electron chi connectivity index (χ2n) is 3.92. The molecule has 5 atom stereocenters. The van der Waals surface area contributed by atoms with Crippen LogP contribution in [-0.2, 0) is 9.47 Å². The van der Waals surface area contributed by atoms with Crippen molar-refractivity contribution in [3.8, 4) is 0 Å². The fourth-order valence-corrected chi connectivity index (χ4v) is 1.63. The van der Waals surface area contributed by atoms with Gasteiger partial charge in [0.25, 0.3) is 0 Å². The Balaban J connectivity index is 2.42. The number of hydrogen-bond acceptors (Lipinski definition) is 7. The largest absolute Gasteiger partial charge is 0.394 e. The predicted molar refractivity (Wildman–Crippen MR) is 58.3 cm³/mol. The van der Waals surface area contributed by atoms with Crippen LogP contribution in [0.1, 0.15) is 6.92 Å². The molecule has 1 aliphatic rings. The van der Waals surface area contributed by atoms with Gasteiger partial charge in [0.15, 0.2) is 6.29 Å². The second kappa shape index (κ2) is 7.22. The summed E-state index contributed by atoms with van der Waals surface area (Å²) in [4.78, 5) is 0. The Hall–Kier alpha value is -0.280. The molecule has 0 aromatic heterocycles. The van der Waals surface area contributed by atoms with E-state index >= 15 is 0 Å². The first-order chi connectivity index (χ1) is 8.11. The van der Waals surface area contributed by atoms with E-state index in [0.717, 1.165) is 6.54 Å². The fraction of sp³-hybridized carbons (Fsp3) is 1.00. The molecule has 1 heterocycles. The first-order valence-corrected chi connectivity index (χ1v) is 5.74. The Kier molecular flexibility index (Phi) is 6.28. The molecule has 1 fully saturated rings. The fourth-order valence-electron chi connectivity index (χ4n) is 1.63. The van der Waals surface area contributed by atoms with E-state index in [1.165, 1.54) is 0 Å². The van der Waals surface area contributed by atoms with Gasteiger partial charge in [-0.2, -0.15) is 0 Å².